The van der Waals surface area contributed by atoms with Crippen LogP contribution in [0, 0.1) is 0 Å². The molecule has 0 bridgehead atoms. The minimum Gasteiger partial charge on any atom is -0.481 e. The maximum atomic E-state index is 12.5. The predicted octanol–water partition coefficient (Wildman–Crippen LogP) is 4.36. The smallest absolute Gasteiger partial charge is 0.265 e. The molecule has 0 aromatic heterocycles. The minimum absolute atomic E-state index is 0.166. The van der Waals surface area contributed by atoms with Crippen molar-refractivity contribution in [1.29, 1.82) is 0 Å². The third-order valence-corrected chi connectivity index (χ3v) is 4.46. The lowest BCUT2D eigenvalue weighted by Gasteiger charge is -2.19. The number of amides is 2. The summed E-state index contributed by atoms with van der Waals surface area (Å²) in [7, 11) is 0. The first kappa shape index (κ1) is 20.5. The van der Waals surface area contributed by atoms with Crippen molar-refractivity contribution in [3.8, 4) is 5.75 Å². The van der Waals surface area contributed by atoms with Crippen molar-refractivity contribution in [2.24, 2.45) is 0 Å². The molecule has 2 aromatic rings. The molecule has 0 spiro atoms. The molecule has 0 aliphatic carbocycles. The monoisotopic (exact) mass is 368 g/mol. The maximum absolute atomic E-state index is 12.5. The molecule has 0 aliphatic rings. The Morgan fingerprint density at radius 1 is 1.04 bits per heavy atom. The van der Waals surface area contributed by atoms with Crippen LogP contribution in [0.25, 0.3) is 0 Å². The van der Waals surface area contributed by atoms with E-state index in [-0.39, 0.29) is 11.8 Å². The molecule has 2 N–H and O–H groups in total. The van der Waals surface area contributed by atoms with E-state index in [1.54, 1.807) is 31.2 Å². The van der Waals surface area contributed by atoms with Crippen molar-refractivity contribution in [3.63, 3.8) is 0 Å². The van der Waals surface area contributed by atoms with Gasteiger partial charge in [-0.05, 0) is 56.0 Å². The number of rotatable bonds is 8. The van der Waals surface area contributed by atoms with Gasteiger partial charge in [0.1, 0.15) is 5.75 Å². The first-order valence-corrected chi connectivity index (χ1v) is 9.40. The van der Waals surface area contributed by atoms with Gasteiger partial charge in [-0.25, -0.2) is 0 Å². The number of ether oxygens (including phenoxy) is 1. The predicted molar refractivity (Wildman–Crippen MR) is 108 cm³/mol. The first-order valence-electron chi connectivity index (χ1n) is 9.40. The van der Waals surface area contributed by atoms with E-state index < -0.39 is 6.10 Å². The van der Waals surface area contributed by atoms with Crippen LogP contribution in [0.15, 0.2) is 48.5 Å². The molecule has 2 atom stereocenters. The van der Waals surface area contributed by atoms with Gasteiger partial charge < -0.3 is 15.4 Å². The highest BCUT2D eigenvalue weighted by molar-refractivity contribution is 5.98. The van der Waals surface area contributed by atoms with Crippen LogP contribution in [0.5, 0.6) is 5.75 Å². The molecule has 2 aromatic carbocycles. The zero-order chi connectivity index (χ0) is 19.8. The molecule has 2 unspecified atom stereocenters. The summed E-state index contributed by atoms with van der Waals surface area (Å²) < 4.78 is 5.93. The number of carbonyl (C=O) groups excluding carboxylic acids is 2. The fourth-order valence-electron chi connectivity index (χ4n) is 2.70. The molecule has 0 saturated carbocycles. The van der Waals surface area contributed by atoms with Crippen molar-refractivity contribution in [2.45, 2.75) is 46.1 Å². The lowest BCUT2D eigenvalue weighted by atomic mass is 9.98. The summed E-state index contributed by atoms with van der Waals surface area (Å²) in [5, 5.41) is 5.56. The third kappa shape index (κ3) is 5.58. The lowest BCUT2D eigenvalue weighted by molar-refractivity contribution is -0.122. The summed E-state index contributed by atoms with van der Waals surface area (Å²) in [4.78, 5) is 24.5. The summed E-state index contributed by atoms with van der Waals surface area (Å²) in [6.45, 7) is 8.39. The summed E-state index contributed by atoms with van der Waals surface area (Å²) >= 11 is 0. The SMILES string of the molecule is CCNC(=O)c1cccc(NC(=O)C(C)Oc2ccccc2C(C)CC)c1. The van der Waals surface area contributed by atoms with E-state index in [4.69, 9.17) is 4.74 Å². The summed E-state index contributed by atoms with van der Waals surface area (Å²) in [6.07, 6.45) is 0.330. The van der Waals surface area contributed by atoms with E-state index in [2.05, 4.69) is 24.5 Å². The molecule has 144 valence electrons. The molecule has 0 heterocycles. The topological polar surface area (TPSA) is 67.4 Å². The molecular formula is C22H28N2O3. The zero-order valence-electron chi connectivity index (χ0n) is 16.4. The van der Waals surface area contributed by atoms with Gasteiger partial charge in [0.25, 0.3) is 11.8 Å². The fourth-order valence-corrected chi connectivity index (χ4v) is 2.70. The van der Waals surface area contributed by atoms with Crippen LogP contribution in [0.2, 0.25) is 0 Å². The van der Waals surface area contributed by atoms with Crippen molar-refractivity contribution in [2.75, 3.05) is 11.9 Å². The van der Waals surface area contributed by atoms with Gasteiger partial charge in [0.05, 0.1) is 0 Å². The van der Waals surface area contributed by atoms with Gasteiger partial charge in [-0.15, -0.1) is 0 Å². The molecule has 5 heteroatoms. The van der Waals surface area contributed by atoms with E-state index in [9.17, 15) is 9.59 Å². The van der Waals surface area contributed by atoms with Gasteiger partial charge in [-0.2, -0.15) is 0 Å². The lowest BCUT2D eigenvalue weighted by Crippen LogP contribution is -2.30. The summed E-state index contributed by atoms with van der Waals surface area (Å²) in [5.41, 5.74) is 2.16. The summed E-state index contributed by atoms with van der Waals surface area (Å²) in [5.74, 6) is 0.651. The summed E-state index contributed by atoms with van der Waals surface area (Å²) in [6, 6.07) is 14.7. The standard InChI is InChI=1S/C22H28N2O3/c1-5-15(3)19-12-7-8-13-20(19)27-16(4)21(25)24-18-11-9-10-17(14-18)22(26)23-6-2/h7-16H,5-6H2,1-4H3,(H,23,26)(H,24,25). The van der Waals surface area contributed by atoms with Crippen LogP contribution in [0.1, 0.15) is 56.0 Å². The molecule has 0 radical (unpaired) electrons. The van der Waals surface area contributed by atoms with Crippen molar-refractivity contribution < 1.29 is 14.3 Å². The Morgan fingerprint density at radius 3 is 2.48 bits per heavy atom. The van der Waals surface area contributed by atoms with Gasteiger partial charge in [0, 0.05) is 17.8 Å². The molecule has 0 aliphatic heterocycles. The van der Waals surface area contributed by atoms with Crippen molar-refractivity contribution in [3.05, 3.63) is 59.7 Å². The number of hydrogen-bond acceptors (Lipinski definition) is 3. The second kappa shape index (κ2) is 9.76. The van der Waals surface area contributed by atoms with E-state index in [1.807, 2.05) is 31.2 Å². The van der Waals surface area contributed by atoms with Crippen LogP contribution in [0.3, 0.4) is 0 Å². The Kier molecular flexibility index (Phi) is 7.41. The van der Waals surface area contributed by atoms with Crippen molar-refractivity contribution in [1.82, 2.24) is 5.32 Å². The number of nitrogens with one attached hydrogen (secondary N) is 2. The molecule has 2 amide bonds. The van der Waals surface area contributed by atoms with Crippen LogP contribution < -0.4 is 15.4 Å². The normalized spacial score (nSPS) is 12.7. The van der Waals surface area contributed by atoms with E-state index >= 15 is 0 Å². The average molecular weight is 368 g/mol. The second-order valence-electron chi connectivity index (χ2n) is 6.54. The Morgan fingerprint density at radius 2 is 1.78 bits per heavy atom. The number of benzene rings is 2. The largest absolute Gasteiger partial charge is 0.481 e. The van der Waals surface area contributed by atoms with E-state index in [0.29, 0.717) is 23.7 Å². The molecule has 2 rings (SSSR count). The molecule has 5 nitrogen and oxygen atoms in total. The van der Waals surface area contributed by atoms with Gasteiger partial charge in [0.15, 0.2) is 6.10 Å². The van der Waals surface area contributed by atoms with Gasteiger partial charge in [-0.3, -0.25) is 9.59 Å². The third-order valence-electron chi connectivity index (χ3n) is 4.46. The van der Waals surface area contributed by atoms with Crippen LogP contribution in [-0.2, 0) is 4.79 Å². The molecule has 27 heavy (non-hydrogen) atoms. The highest BCUT2D eigenvalue weighted by atomic mass is 16.5. The quantitative estimate of drug-likeness (QED) is 0.728. The van der Waals surface area contributed by atoms with E-state index in [1.165, 1.54) is 0 Å². The Bertz CT molecular complexity index is 789. The highest BCUT2D eigenvalue weighted by Crippen LogP contribution is 2.29. The molecule has 0 fully saturated rings. The van der Waals surface area contributed by atoms with E-state index in [0.717, 1.165) is 17.7 Å². The van der Waals surface area contributed by atoms with Gasteiger partial charge >= 0.3 is 0 Å². The van der Waals surface area contributed by atoms with Crippen LogP contribution in [0.4, 0.5) is 5.69 Å². The van der Waals surface area contributed by atoms with Crippen molar-refractivity contribution >= 4 is 17.5 Å². The van der Waals surface area contributed by atoms with Crippen LogP contribution in [-0.4, -0.2) is 24.5 Å². The Labute approximate surface area is 161 Å². The van der Waals surface area contributed by atoms with Gasteiger partial charge in [-0.1, -0.05) is 38.1 Å². The van der Waals surface area contributed by atoms with Crippen LogP contribution >= 0.6 is 0 Å². The number of carbonyl (C=O) groups is 2. The average Bonchev–Trinajstić information content (AvgIpc) is 2.68. The zero-order valence-corrected chi connectivity index (χ0v) is 16.4. The molecule has 0 saturated heterocycles. The first-order chi connectivity index (χ1) is 13.0. The van der Waals surface area contributed by atoms with Gasteiger partial charge in [0.2, 0.25) is 0 Å². The molecular weight excluding hydrogens is 340 g/mol. The Hall–Kier alpha value is -2.82. The highest BCUT2D eigenvalue weighted by Gasteiger charge is 2.18. The minimum atomic E-state index is -0.664. The Balaban J connectivity index is 2.07. The number of para-hydroxylation sites is 1. The number of anilines is 1. The number of hydrogen-bond donors (Lipinski definition) is 2. The second-order valence-corrected chi connectivity index (χ2v) is 6.54. The maximum Gasteiger partial charge on any atom is 0.265 e. The fraction of sp³-hybridized carbons (Fsp3) is 0.364.